The molecular formula is C12H14N2O3. The predicted octanol–water partition coefficient (Wildman–Crippen LogP) is 2.72. The Morgan fingerprint density at radius 1 is 1.53 bits per heavy atom. The van der Waals surface area contributed by atoms with E-state index in [-0.39, 0.29) is 11.7 Å². The lowest BCUT2D eigenvalue weighted by Gasteiger charge is -2.01. The molecule has 0 aliphatic carbocycles. The minimum Gasteiger partial charge on any atom is -0.461 e. The molecule has 0 aliphatic rings. The van der Waals surface area contributed by atoms with Crippen LogP contribution in [0.3, 0.4) is 0 Å². The minimum absolute atomic E-state index is 0.0800. The molecule has 1 atom stereocenters. The van der Waals surface area contributed by atoms with Gasteiger partial charge in [-0.2, -0.15) is 4.98 Å². The first-order valence-corrected chi connectivity index (χ1v) is 5.54. The van der Waals surface area contributed by atoms with Crippen molar-refractivity contribution >= 4 is 5.78 Å². The molecule has 90 valence electrons. The average Bonchev–Trinajstić information content (AvgIpc) is 2.95. The summed E-state index contributed by atoms with van der Waals surface area (Å²) in [6.45, 7) is 5.47. The lowest BCUT2D eigenvalue weighted by molar-refractivity contribution is -0.120. The Morgan fingerprint density at radius 3 is 2.88 bits per heavy atom. The molecule has 2 rings (SSSR count). The molecule has 0 aromatic carbocycles. The van der Waals surface area contributed by atoms with E-state index in [1.165, 1.54) is 0 Å². The number of carbonyl (C=O) groups excluding carboxylic acids is 1. The Labute approximate surface area is 98.8 Å². The Morgan fingerprint density at radius 2 is 2.29 bits per heavy atom. The van der Waals surface area contributed by atoms with Crippen molar-refractivity contribution in [3.05, 3.63) is 23.8 Å². The number of carbonyl (C=O) groups is 1. The molecule has 2 aromatic heterocycles. The quantitative estimate of drug-likeness (QED) is 0.813. The molecule has 0 spiro atoms. The van der Waals surface area contributed by atoms with E-state index in [0.717, 1.165) is 5.56 Å². The second-order valence-corrected chi connectivity index (χ2v) is 3.93. The van der Waals surface area contributed by atoms with Crippen LogP contribution < -0.4 is 0 Å². The highest BCUT2D eigenvalue weighted by atomic mass is 16.5. The molecule has 0 saturated carbocycles. The molecule has 5 nitrogen and oxygen atoms in total. The summed E-state index contributed by atoms with van der Waals surface area (Å²) in [6, 6.07) is 1.83. The number of nitrogens with zero attached hydrogens (tertiary/aromatic N) is 2. The van der Waals surface area contributed by atoms with Crippen LogP contribution in [0.2, 0.25) is 0 Å². The molecule has 0 fully saturated rings. The smallest absolute Gasteiger partial charge is 0.238 e. The van der Waals surface area contributed by atoms with Gasteiger partial charge in [-0.3, -0.25) is 4.79 Å². The third kappa shape index (κ3) is 2.13. The molecule has 0 radical (unpaired) electrons. The second kappa shape index (κ2) is 4.53. The molecule has 1 unspecified atom stereocenters. The van der Waals surface area contributed by atoms with E-state index in [0.29, 0.717) is 23.9 Å². The van der Waals surface area contributed by atoms with Gasteiger partial charge in [-0.15, -0.1) is 0 Å². The standard InChI is InChI=1S/C12H14N2O3/c1-4-9(15)8(3)12-13-11(14-17-12)10-7(2)5-6-16-10/h5-6,8H,4H2,1-3H3. The van der Waals surface area contributed by atoms with Crippen LogP contribution in [0.4, 0.5) is 0 Å². The van der Waals surface area contributed by atoms with E-state index in [2.05, 4.69) is 10.1 Å². The van der Waals surface area contributed by atoms with E-state index < -0.39 is 0 Å². The summed E-state index contributed by atoms with van der Waals surface area (Å²) >= 11 is 0. The maximum Gasteiger partial charge on any atom is 0.238 e. The minimum atomic E-state index is -0.364. The maximum absolute atomic E-state index is 11.5. The summed E-state index contributed by atoms with van der Waals surface area (Å²) in [7, 11) is 0. The van der Waals surface area contributed by atoms with Gasteiger partial charge in [0, 0.05) is 6.42 Å². The SMILES string of the molecule is CCC(=O)C(C)c1nc(-c2occc2C)no1. The van der Waals surface area contributed by atoms with Gasteiger partial charge in [-0.25, -0.2) is 0 Å². The number of Topliss-reactive ketones (excluding diaryl/α,β-unsaturated/α-hetero) is 1. The number of aryl methyl sites for hydroxylation is 1. The van der Waals surface area contributed by atoms with E-state index in [4.69, 9.17) is 8.94 Å². The van der Waals surface area contributed by atoms with Gasteiger partial charge in [0.25, 0.3) is 0 Å². The molecule has 0 amide bonds. The van der Waals surface area contributed by atoms with Gasteiger partial charge in [0.05, 0.1) is 12.2 Å². The number of hydrogen-bond acceptors (Lipinski definition) is 5. The van der Waals surface area contributed by atoms with E-state index in [9.17, 15) is 4.79 Å². The number of furan rings is 1. The van der Waals surface area contributed by atoms with Gasteiger partial charge in [0.15, 0.2) is 5.76 Å². The Hall–Kier alpha value is -1.91. The van der Waals surface area contributed by atoms with Gasteiger partial charge in [0.2, 0.25) is 11.7 Å². The van der Waals surface area contributed by atoms with Crippen molar-refractivity contribution in [2.24, 2.45) is 0 Å². The van der Waals surface area contributed by atoms with Crippen molar-refractivity contribution in [1.29, 1.82) is 0 Å². The zero-order valence-electron chi connectivity index (χ0n) is 10.1. The largest absolute Gasteiger partial charge is 0.461 e. The molecule has 2 aromatic rings. The summed E-state index contributed by atoms with van der Waals surface area (Å²) in [5.41, 5.74) is 0.937. The maximum atomic E-state index is 11.5. The van der Waals surface area contributed by atoms with Gasteiger partial charge < -0.3 is 8.94 Å². The van der Waals surface area contributed by atoms with Gasteiger partial charge >= 0.3 is 0 Å². The van der Waals surface area contributed by atoms with E-state index >= 15 is 0 Å². The topological polar surface area (TPSA) is 69.1 Å². The van der Waals surface area contributed by atoms with E-state index in [1.807, 2.05) is 19.9 Å². The van der Waals surface area contributed by atoms with Crippen molar-refractivity contribution in [3.8, 4) is 11.6 Å². The molecular weight excluding hydrogens is 220 g/mol. The van der Waals surface area contributed by atoms with Crippen molar-refractivity contribution in [2.75, 3.05) is 0 Å². The van der Waals surface area contributed by atoms with E-state index in [1.54, 1.807) is 13.2 Å². The van der Waals surface area contributed by atoms with Crippen LogP contribution in [0.25, 0.3) is 11.6 Å². The fraction of sp³-hybridized carbons (Fsp3) is 0.417. The fourth-order valence-electron chi connectivity index (χ4n) is 1.55. The molecule has 5 heteroatoms. The summed E-state index contributed by atoms with van der Waals surface area (Å²) in [6.07, 6.45) is 2.03. The Kier molecular flexibility index (Phi) is 3.08. The highest BCUT2D eigenvalue weighted by Gasteiger charge is 2.22. The molecule has 0 saturated heterocycles. The third-order valence-electron chi connectivity index (χ3n) is 2.71. The second-order valence-electron chi connectivity index (χ2n) is 3.93. The highest BCUT2D eigenvalue weighted by molar-refractivity contribution is 5.84. The van der Waals surface area contributed by atoms with Crippen LogP contribution in [0, 0.1) is 6.92 Å². The van der Waals surface area contributed by atoms with Crippen molar-refractivity contribution in [1.82, 2.24) is 10.1 Å². The summed E-state index contributed by atoms with van der Waals surface area (Å²) in [4.78, 5) is 15.7. The van der Waals surface area contributed by atoms with Gasteiger partial charge in [-0.05, 0) is 25.5 Å². The first-order valence-electron chi connectivity index (χ1n) is 5.54. The molecule has 0 bridgehead atoms. The van der Waals surface area contributed by atoms with Gasteiger partial charge in [-0.1, -0.05) is 12.1 Å². The average molecular weight is 234 g/mol. The van der Waals surface area contributed by atoms with Crippen LogP contribution in [0.15, 0.2) is 21.3 Å². The van der Waals surface area contributed by atoms with Crippen molar-refractivity contribution < 1.29 is 13.7 Å². The normalized spacial score (nSPS) is 12.6. The van der Waals surface area contributed by atoms with Crippen LogP contribution in [-0.2, 0) is 4.79 Å². The Balaban J connectivity index is 2.28. The lowest BCUT2D eigenvalue weighted by Crippen LogP contribution is -2.07. The zero-order chi connectivity index (χ0) is 12.4. The number of hydrogen-bond donors (Lipinski definition) is 0. The molecule has 17 heavy (non-hydrogen) atoms. The number of aromatic nitrogens is 2. The van der Waals surface area contributed by atoms with Crippen LogP contribution in [-0.4, -0.2) is 15.9 Å². The monoisotopic (exact) mass is 234 g/mol. The number of rotatable bonds is 4. The predicted molar refractivity (Wildman–Crippen MR) is 60.5 cm³/mol. The first kappa shape index (κ1) is 11.6. The fourth-order valence-corrected chi connectivity index (χ4v) is 1.55. The summed E-state index contributed by atoms with van der Waals surface area (Å²) < 4.78 is 10.3. The zero-order valence-corrected chi connectivity index (χ0v) is 10.1. The van der Waals surface area contributed by atoms with Crippen LogP contribution in [0.5, 0.6) is 0 Å². The van der Waals surface area contributed by atoms with Gasteiger partial charge in [0.1, 0.15) is 5.78 Å². The Bertz CT molecular complexity index is 527. The third-order valence-corrected chi connectivity index (χ3v) is 2.71. The summed E-state index contributed by atoms with van der Waals surface area (Å²) in [5.74, 6) is 1.02. The first-order chi connectivity index (χ1) is 8.13. The highest BCUT2D eigenvalue weighted by Crippen LogP contribution is 2.24. The van der Waals surface area contributed by atoms with Crippen molar-refractivity contribution in [2.45, 2.75) is 33.1 Å². The van der Waals surface area contributed by atoms with Crippen molar-refractivity contribution in [3.63, 3.8) is 0 Å². The van der Waals surface area contributed by atoms with Crippen LogP contribution >= 0.6 is 0 Å². The number of ketones is 1. The lowest BCUT2D eigenvalue weighted by atomic mass is 10.1. The molecule has 0 N–H and O–H groups in total. The van der Waals surface area contributed by atoms with Crippen LogP contribution in [0.1, 0.15) is 37.6 Å². The molecule has 0 aliphatic heterocycles. The molecule has 2 heterocycles. The summed E-state index contributed by atoms with van der Waals surface area (Å²) in [5, 5.41) is 3.83.